The van der Waals surface area contributed by atoms with Gasteiger partial charge in [-0.05, 0) is 39.3 Å². The highest BCUT2D eigenvalue weighted by atomic mass is 127. The Morgan fingerprint density at radius 3 is 2.52 bits per heavy atom. The molecule has 1 aromatic heterocycles. The second-order valence-electron chi connectivity index (χ2n) is 6.89. The number of hydrogen-bond donors (Lipinski definition) is 3. The van der Waals surface area contributed by atoms with E-state index in [2.05, 4.69) is 20.9 Å². The van der Waals surface area contributed by atoms with Crippen LogP contribution in [-0.2, 0) is 11.3 Å². The number of alkyl carbamates (subject to hydrolysis) is 1. The highest BCUT2D eigenvalue weighted by Crippen LogP contribution is 2.18. The van der Waals surface area contributed by atoms with Crippen LogP contribution in [0.2, 0.25) is 0 Å². The number of benzene rings is 1. The first kappa shape index (κ1) is 23.1. The lowest BCUT2D eigenvalue weighted by atomic mass is 10.2. The molecule has 0 unspecified atom stereocenters. The SMILES string of the molecule is CN=C(NCCCNC(=O)OC(C)(C)C)NCc1cc2ccccc2o1.I. The molecule has 150 valence electrons. The number of ether oxygens (including phenoxy) is 1. The minimum absolute atomic E-state index is 0. The summed E-state index contributed by atoms with van der Waals surface area (Å²) in [5, 5.41) is 10.2. The number of rotatable bonds is 6. The number of aliphatic imine (C=N–C) groups is 1. The Morgan fingerprint density at radius 1 is 1.15 bits per heavy atom. The van der Waals surface area contributed by atoms with Crippen LogP contribution >= 0.6 is 24.0 Å². The van der Waals surface area contributed by atoms with Crippen LogP contribution in [0, 0.1) is 0 Å². The normalized spacial score (nSPS) is 11.6. The van der Waals surface area contributed by atoms with Gasteiger partial charge in [-0.3, -0.25) is 4.99 Å². The molecule has 27 heavy (non-hydrogen) atoms. The van der Waals surface area contributed by atoms with Crippen LogP contribution in [0.25, 0.3) is 11.0 Å². The Balaban J connectivity index is 0.00000364. The van der Waals surface area contributed by atoms with Gasteiger partial charge in [0, 0.05) is 25.5 Å². The van der Waals surface area contributed by atoms with Gasteiger partial charge in [-0.15, -0.1) is 24.0 Å². The quantitative estimate of drug-likeness (QED) is 0.250. The topological polar surface area (TPSA) is 87.9 Å². The average Bonchev–Trinajstić information content (AvgIpc) is 2.98. The fourth-order valence-electron chi connectivity index (χ4n) is 2.32. The van der Waals surface area contributed by atoms with Crippen LogP contribution < -0.4 is 16.0 Å². The summed E-state index contributed by atoms with van der Waals surface area (Å²) >= 11 is 0. The molecular weight excluding hydrogens is 459 g/mol. The van der Waals surface area contributed by atoms with Gasteiger partial charge in [0.25, 0.3) is 0 Å². The van der Waals surface area contributed by atoms with E-state index in [4.69, 9.17) is 9.15 Å². The van der Waals surface area contributed by atoms with E-state index in [9.17, 15) is 4.79 Å². The third-order valence-electron chi connectivity index (χ3n) is 3.44. The van der Waals surface area contributed by atoms with E-state index < -0.39 is 11.7 Å². The molecule has 2 aromatic rings. The summed E-state index contributed by atoms with van der Waals surface area (Å²) in [4.78, 5) is 15.7. The van der Waals surface area contributed by atoms with Crippen molar-refractivity contribution < 1.29 is 13.9 Å². The maximum Gasteiger partial charge on any atom is 0.407 e. The number of guanidine groups is 1. The number of carbonyl (C=O) groups excluding carboxylic acids is 1. The van der Waals surface area contributed by atoms with Crippen molar-refractivity contribution >= 4 is 47.0 Å². The van der Waals surface area contributed by atoms with Gasteiger partial charge in [-0.2, -0.15) is 0 Å². The zero-order valence-corrected chi connectivity index (χ0v) is 18.6. The molecule has 0 radical (unpaired) electrons. The van der Waals surface area contributed by atoms with Crippen molar-refractivity contribution in [3.05, 3.63) is 36.1 Å². The minimum Gasteiger partial charge on any atom is -0.459 e. The van der Waals surface area contributed by atoms with Crippen LogP contribution in [-0.4, -0.2) is 37.8 Å². The van der Waals surface area contributed by atoms with Gasteiger partial charge in [0.2, 0.25) is 0 Å². The fraction of sp³-hybridized carbons (Fsp3) is 0.474. The van der Waals surface area contributed by atoms with Gasteiger partial charge in [-0.1, -0.05) is 18.2 Å². The molecule has 1 amide bonds. The standard InChI is InChI=1S/C19H28N4O3.HI/c1-19(2,3)26-18(24)22-11-7-10-21-17(20-4)23-13-15-12-14-8-5-6-9-16(14)25-15;/h5-6,8-9,12H,7,10-11,13H2,1-4H3,(H,22,24)(H2,20,21,23);1H. The monoisotopic (exact) mass is 488 g/mol. The fourth-order valence-corrected chi connectivity index (χ4v) is 2.32. The molecule has 0 saturated heterocycles. The van der Waals surface area contributed by atoms with Gasteiger partial charge in [0.1, 0.15) is 16.9 Å². The molecule has 0 saturated carbocycles. The minimum atomic E-state index is -0.481. The number of halogens is 1. The zero-order valence-electron chi connectivity index (χ0n) is 16.3. The maximum atomic E-state index is 11.5. The molecule has 0 aliphatic rings. The number of furan rings is 1. The molecule has 8 heteroatoms. The predicted molar refractivity (Wildman–Crippen MR) is 119 cm³/mol. The molecule has 0 spiro atoms. The largest absolute Gasteiger partial charge is 0.459 e. The molecule has 7 nitrogen and oxygen atoms in total. The molecule has 0 aliphatic carbocycles. The smallest absolute Gasteiger partial charge is 0.407 e. The summed E-state index contributed by atoms with van der Waals surface area (Å²) in [5.41, 5.74) is 0.394. The first-order chi connectivity index (χ1) is 12.4. The van der Waals surface area contributed by atoms with E-state index >= 15 is 0 Å². The maximum absolute atomic E-state index is 11.5. The Hall–Kier alpha value is -1.97. The lowest BCUT2D eigenvalue weighted by molar-refractivity contribution is 0.0527. The lowest BCUT2D eigenvalue weighted by Gasteiger charge is -2.19. The van der Waals surface area contributed by atoms with E-state index in [1.165, 1.54) is 0 Å². The van der Waals surface area contributed by atoms with Crippen LogP contribution in [0.1, 0.15) is 33.0 Å². The summed E-state index contributed by atoms with van der Waals surface area (Å²) < 4.78 is 10.9. The number of carbonyl (C=O) groups is 1. The zero-order chi connectivity index (χ0) is 19.0. The second kappa shape index (κ2) is 11.0. The first-order valence-electron chi connectivity index (χ1n) is 8.76. The van der Waals surface area contributed by atoms with Crippen molar-refractivity contribution in [3.63, 3.8) is 0 Å². The molecule has 2 rings (SSSR count). The number of hydrogen-bond acceptors (Lipinski definition) is 4. The third-order valence-corrected chi connectivity index (χ3v) is 3.44. The van der Waals surface area contributed by atoms with Gasteiger partial charge in [-0.25, -0.2) is 4.79 Å². The molecule has 0 fully saturated rings. The first-order valence-corrected chi connectivity index (χ1v) is 8.76. The van der Waals surface area contributed by atoms with Gasteiger partial charge in [0.15, 0.2) is 5.96 Å². The Morgan fingerprint density at radius 2 is 1.85 bits per heavy atom. The van der Waals surface area contributed by atoms with Crippen molar-refractivity contribution in [1.29, 1.82) is 0 Å². The van der Waals surface area contributed by atoms with Gasteiger partial charge >= 0.3 is 6.09 Å². The van der Waals surface area contributed by atoms with Gasteiger partial charge in [0.05, 0.1) is 6.54 Å². The molecular formula is C19H29IN4O3. The van der Waals surface area contributed by atoms with Crippen LogP contribution in [0.4, 0.5) is 4.79 Å². The van der Waals surface area contributed by atoms with E-state index in [1.807, 2.05) is 51.1 Å². The average molecular weight is 488 g/mol. The number of fused-ring (bicyclic) bond motifs is 1. The molecule has 1 heterocycles. The highest BCUT2D eigenvalue weighted by Gasteiger charge is 2.15. The van der Waals surface area contributed by atoms with E-state index in [-0.39, 0.29) is 24.0 Å². The second-order valence-corrected chi connectivity index (χ2v) is 6.89. The predicted octanol–water partition coefficient (Wildman–Crippen LogP) is 3.63. The van der Waals surface area contributed by atoms with Crippen LogP contribution in [0.3, 0.4) is 0 Å². The Labute approximate surface area is 177 Å². The van der Waals surface area contributed by atoms with Crippen molar-refractivity contribution in [1.82, 2.24) is 16.0 Å². The van der Waals surface area contributed by atoms with Crippen molar-refractivity contribution in [2.75, 3.05) is 20.1 Å². The number of para-hydroxylation sites is 1. The van der Waals surface area contributed by atoms with Crippen molar-refractivity contribution in [2.45, 2.75) is 39.3 Å². The summed E-state index contributed by atoms with van der Waals surface area (Å²) in [6.45, 7) is 7.27. The summed E-state index contributed by atoms with van der Waals surface area (Å²) in [6.07, 6.45) is 0.356. The Kier molecular flexibility index (Phi) is 9.40. The summed E-state index contributed by atoms with van der Waals surface area (Å²) in [7, 11) is 1.72. The van der Waals surface area contributed by atoms with E-state index in [0.717, 1.165) is 23.2 Å². The number of amides is 1. The van der Waals surface area contributed by atoms with Gasteiger partial charge < -0.3 is 25.1 Å². The Bertz CT molecular complexity index is 720. The molecule has 3 N–H and O–H groups in total. The summed E-state index contributed by atoms with van der Waals surface area (Å²) in [5.74, 6) is 1.53. The van der Waals surface area contributed by atoms with E-state index in [1.54, 1.807) is 7.05 Å². The van der Waals surface area contributed by atoms with Crippen LogP contribution in [0.5, 0.6) is 0 Å². The molecule has 0 aliphatic heterocycles. The summed E-state index contributed by atoms with van der Waals surface area (Å²) in [6, 6.07) is 9.92. The van der Waals surface area contributed by atoms with Crippen molar-refractivity contribution in [3.8, 4) is 0 Å². The number of nitrogens with zero attached hydrogens (tertiary/aromatic N) is 1. The molecule has 0 bridgehead atoms. The van der Waals surface area contributed by atoms with Crippen LogP contribution in [0.15, 0.2) is 39.7 Å². The third kappa shape index (κ3) is 8.51. The molecule has 0 atom stereocenters. The molecule has 1 aromatic carbocycles. The lowest BCUT2D eigenvalue weighted by Crippen LogP contribution is -2.38. The van der Waals surface area contributed by atoms with E-state index in [0.29, 0.717) is 25.6 Å². The highest BCUT2D eigenvalue weighted by molar-refractivity contribution is 14.0. The van der Waals surface area contributed by atoms with Crippen molar-refractivity contribution in [2.24, 2.45) is 4.99 Å². The number of nitrogens with one attached hydrogen (secondary N) is 3.